The van der Waals surface area contributed by atoms with E-state index in [9.17, 15) is 9.90 Å². The minimum Gasteiger partial charge on any atom is -0.507 e. The van der Waals surface area contributed by atoms with Gasteiger partial charge in [-0.3, -0.25) is 4.79 Å². The number of phenols is 1. The van der Waals surface area contributed by atoms with Crippen molar-refractivity contribution in [3.63, 3.8) is 0 Å². The molecule has 0 fully saturated rings. The first-order chi connectivity index (χ1) is 14.3. The largest absolute Gasteiger partial charge is 0.507 e. The van der Waals surface area contributed by atoms with Crippen molar-refractivity contribution in [1.29, 1.82) is 0 Å². The fourth-order valence-electron chi connectivity index (χ4n) is 2.89. The molecule has 0 saturated carbocycles. The predicted molar refractivity (Wildman–Crippen MR) is 115 cm³/mol. The molecule has 3 aromatic rings. The van der Waals surface area contributed by atoms with Gasteiger partial charge in [0.15, 0.2) is 0 Å². The topological polar surface area (TPSA) is 81.5 Å². The second-order valence-corrected chi connectivity index (χ2v) is 7.91. The molecule has 0 unspecified atom stereocenters. The third-order valence-electron chi connectivity index (χ3n) is 4.24. The van der Waals surface area contributed by atoms with Crippen LogP contribution in [0.4, 0.5) is 0 Å². The highest BCUT2D eigenvalue weighted by Crippen LogP contribution is 2.30. The Kier molecular flexibility index (Phi) is 6.67. The Hall–Kier alpha value is -3.41. The lowest BCUT2D eigenvalue weighted by molar-refractivity contribution is -0.155. The molecule has 0 bridgehead atoms. The lowest BCUT2D eigenvalue weighted by atomic mass is 10.0. The number of ether oxygens (including phenoxy) is 2. The number of carbonyl (C=O) groups is 1. The molecule has 1 N–H and O–H groups in total. The fraction of sp³-hybridized carbons (Fsp3) is 0.292. The summed E-state index contributed by atoms with van der Waals surface area (Å²) in [4.78, 5) is 11.7. The minimum absolute atomic E-state index is 0.166. The van der Waals surface area contributed by atoms with Gasteiger partial charge in [0.2, 0.25) is 0 Å². The van der Waals surface area contributed by atoms with Gasteiger partial charge in [0.05, 0.1) is 18.5 Å². The monoisotopic (exact) mass is 406 g/mol. The van der Waals surface area contributed by atoms with Gasteiger partial charge in [0.1, 0.15) is 17.1 Å². The average molecular weight is 406 g/mol. The predicted octanol–water partition coefficient (Wildman–Crippen LogP) is 5.02. The van der Waals surface area contributed by atoms with E-state index in [2.05, 4.69) is 10.2 Å². The number of para-hydroxylation sites is 1. The number of rotatable bonds is 7. The van der Waals surface area contributed by atoms with Crippen LogP contribution in [0, 0.1) is 0 Å². The molecule has 2 aromatic carbocycles. The van der Waals surface area contributed by atoms with Gasteiger partial charge in [-0.25, -0.2) is 0 Å². The lowest BCUT2D eigenvalue weighted by Crippen LogP contribution is -2.23. The maximum atomic E-state index is 11.7. The summed E-state index contributed by atoms with van der Waals surface area (Å²) in [6, 6.07) is 16.6. The van der Waals surface area contributed by atoms with Crippen LogP contribution in [0.5, 0.6) is 11.5 Å². The van der Waals surface area contributed by atoms with Crippen molar-refractivity contribution in [2.45, 2.75) is 39.2 Å². The Morgan fingerprint density at radius 3 is 2.47 bits per heavy atom. The Morgan fingerprint density at radius 2 is 1.77 bits per heavy atom. The van der Waals surface area contributed by atoms with E-state index in [-0.39, 0.29) is 11.7 Å². The number of esters is 1. The molecule has 0 aliphatic rings. The summed E-state index contributed by atoms with van der Waals surface area (Å²) in [5, 5.41) is 18.2. The third-order valence-corrected chi connectivity index (χ3v) is 4.24. The Morgan fingerprint density at radius 1 is 1.03 bits per heavy atom. The van der Waals surface area contributed by atoms with E-state index in [1.807, 2.05) is 57.2 Å². The highest BCUT2D eigenvalue weighted by Gasteiger charge is 2.15. The molecule has 0 saturated heterocycles. The summed E-state index contributed by atoms with van der Waals surface area (Å²) < 4.78 is 11.0. The zero-order chi connectivity index (χ0) is 21.6. The van der Waals surface area contributed by atoms with Gasteiger partial charge >= 0.3 is 5.97 Å². The first kappa shape index (κ1) is 21.3. The second kappa shape index (κ2) is 9.39. The van der Waals surface area contributed by atoms with E-state index < -0.39 is 5.60 Å². The molecule has 3 rings (SSSR count). The number of phenolic OH excluding ortho intramolecular Hbond substituents is 1. The average Bonchev–Trinajstić information content (AvgIpc) is 2.71. The fourth-order valence-corrected chi connectivity index (χ4v) is 2.89. The molecule has 0 radical (unpaired) electrons. The van der Waals surface area contributed by atoms with Gasteiger partial charge in [-0.2, -0.15) is 10.2 Å². The first-order valence-corrected chi connectivity index (χ1v) is 9.88. The highest BCUT2D eigenvalue weighted by atomic mass is 16.6. The zero-order valence-electron chi connectivity index (χ0n) is 17.5. The van der Waals surface area contributed by atoms with Gasteiger partial charge in [-0.1, -0.05) is 24.3 Å². The second-order valence-electron chi connectivity index (χ2n) is 7.91. The summed E-state index contributed by atoms with van der Waals surface area (Å²) in [6.07, 6.45) is 2.60. The van der Waals surface area contributed by atoms with Crippen molar-refractivity contribution in [1.82, 2.24) is 10.2 Å². The van der Waals surface area contributed by atoms with Crippen LogP contribution < -0.4 is 4.74 Å². The maximum Gasteiger partial charge on any atom is 0.306 e. The summed E-state index contributed by atoms with van der Waals surface area (Å²) >= 11 is 0. The van der Waals surface area contributed by atoms with Gasteiger partial charge in [-0.05, 0) is 63.1 Å². The molecule has 156 valence electrons. The van der Waals surface area contributed by atoms with Crippen molar-refractivity contribution < 1.29 is 19.4 Å². The van der Waals surface area contributed by atoms with Crippen LogP contribution in [-0.2, 0) is 9.53 Å². The molecule has 0 amide bonds. The van der Waals surface area contributed by atoms with E-state index in [0.717, 1.165) is 16.9 Å². The maximum absolute atomic E-state index is 11.7. The number of hydrogen-bond acceptors (Lipinski definition) is 6. The Bertz CT molecular complexity index is 995. The number of hydrogen-bond donors (Lipinski definition) is 1. The molecule has 0 aliphatic heterocycles. The lowest BCUT2D eigenvalue weighted by Gasteiger charge is -2.19. The summed E-state index contributed by atoms with van der Waals surface area (Å²) in [6.45, 7) is 6.00. The summed E-state index contributed by atoms with van der Waals surface area (Å²) in [5.74, 6) is 0.678. The SMILES string of the molecule is CC(C)(C)OC(=O)CCCOc1ccc(-c2cnnc(-c3ccccc3O)c2)cc1. The van der Waals surface area contributed by atoms with Crippen LogP contribution in [0.15, 0.2) is 60.8 Å². The summed E-state index contributed by atoms with van der Waals surface area (Å²) in [5.41, 5.74) is 2.63. The molecule has 1 heterocycles. The van der Waals surface area contributed by atoms with Gasteiger partial charge in [0.25, 0.3) is 0 Å². The number of aromatic hydroxyl groups is 1. The van der Waals surface area contributed by atoms with Crippen molar-refractivity contribution in [3.05, 3.63) is 60.8 Å². The summed E-state index contributed by atoms with van der Waals surface area (Å²) in [7, 11) is 0. The number of aromatic nitrogens is 2. The van der Waals surface area contributed by atoms with E-state index in [1.165, 1.54) is 0 Å². The number of nitrogens with zero attached hydrogens (tertiary/aromatic N) is 2. The van der Waals surface area contributed by atoms with Crippen LogP contribution in [0.3, 0.4) is 0 Å². The van der Waals surface area contributed by atoms with Crippen LogP contribution in [0.2, 0.25) is 0 Å². The van der Waals surface area contributed by atoms with Crippen LogP contribution in [-0.4, -0.2) is 33.5 Å². The molecule has 30 heavy (non-hydrogen) atoms. The van der Waals surface area contributed by atoms with Crippen LogP contribution >= 0.6 is 0 Å². The number of carbonyl (C=O) groups excluding carboxylic acids is 1. The Labute approximate surface area is 176 Å². The molecule has 6 heteroatoms. The van der Waals surface area contributed by atoms with Crippen molar-refractivity contribution in [2.75, 3.05) is 6.61 Å². The van der Waals surface area contributed by atoms with E-state index >= 15 is 0 Å². The van der Waals surface area contributed by atoms with Gasteiger partial charge in [-0.15, -0.1) is 0 Å². The van der Waals surface area contributed by atoms with Crippen molar-refractivity contribution >= 4 is 5.97 Å². The van der Waals surface area contributed by atoms with E-state index in [1.54, 1.807) is 24.4 Å². The van der Waals surface area contributed by atoms with Gasteiger partial charge in [0, 0.05) is 17.5 Å². The smallest absolute Gasteiger partial charge is 0.306 e. The molecule has 0 spiro atoms. The number of benzene rings is 2. The van der Waals surface area contributed by atoms with Crippen LogP contribution in [0.25, 0.3) is 22.4 Å². The standard InChI is InChI=1S/C24H26N2O4/c1-24(2,3)30-23(28)9-6-14-29-19-12-10-17(11-13-19)18-15-21(26-25-16-18)20-7-4-5-8-22(20)27/h4-5,7-8,10-13,15-16,27H,6,9,14H2,1-3H3. The quantitative estimate of drug-likeness (QED) is 0.438. The molecular weight excluding hydrogens is 380 g/mol. The Balaban J connectivity index is 1.58. The third kappa shape index (κ3) is 6.04. The van der Waals surface area contributed by atoms with E-state index in [0.29, 0.717) is 30.7 Å². The minimum atomic E-state index is -0.464. The molecular formula is C24H26N2O4. The van der Waals surface area contributed by atoms with Gasteiger partial charge < -0.3 is 14.6 Å². The zero-order valence-corrected chi connectivity index (χ0v) is 17.5. The first-order valence-electron chi connectivity index (χ1n) is 9.88. The molecule has 0 aliphatic carbocycles. The van der Waals surface area contributed by atoms with Crippen molar-refractivity contribution in [2.24, 2.45) is 0 Å². The molecule has 0 atom stereocenters. The van der Waals surface area contributed by atoms with Crippen molar-refractivity contribution in [3.8, 4) is 33.9 Å². The molecule has 1 aromatic heterocycles. The normalized spacial score (nSPS) is 11.2. The highest BCUT2D eigenvalue weighted by molar-refractivity contribution is 5.72. The van der Waals surface area contributed by atoms with Crippen LogP contribution in [0.1, 0.15) is 33.6 Å². The van der Waals surface area contributed by atoms with E-state index in [4.69, 9.17) is 9.47 Å². The molecule has 6 nitrogen and oxygen atoms in total.